The lowest BCUT2D eigenvalue weighted by Crippen LogP contribution is -2.12. The molecule has 0 saturated heterocycles. The third kappa shape index (κ3) is 2.59. The van der Waals surface area contributed by atoms with Crippen molar-refractivity contribution in [1.82, 2.24) is 4.98 Å². The molecule has 1 amide bonds. The molecular formula is C19H14N2O2S. The summed E-state index contributed by atoms with van der Waals surface area (Å²) >= 11 is 1.67. The molecule has 0 saturated carbocycles. The molecule has 4 rings (SSSR count). The van der Waals surface area contributed by atoms with Gasteiger partial charge in [-0.1, -0.05) is 6.07 Å². The van der Waals surface area contributed by atoms with Crippen LogP contribution in [0.1, 0.15) is 5.56 Å². The van der Waals surface area contributed by atoms with Crippen molar-refractivity contribution in [3.63, 3.8) is 0 Å². The van der Waals surface area contributed by atoms with Crippen LogP contribution in [-0.4, -0.2) is 11.4 Å². The van der Waals surface area contributed by atoms with Gasteiger partial charge in [0, 0.05) is 11.6 Å². The molecule has 0 N–H and O–H groups in total. The van der Waals surface area contributed by atoms with Crippen LogP contribution in [0.5, 0.6) is 0 Å². The number of amides is 1. The fraction of sp³-hybridized carbons (Fsp3) is 0.0526. The van der Waals surface area contributed by atoms with E-state index in [2.05, 4.69) is 24.0 Å². The zero-order valence-electron chi connectivity index (χ0n) is 13.0. The van der Waals surface area contributed by atoms with Gasteiger partial charge in [-0.3, -0.25) is 9.69 Å². The Morgan fingerprint density at radius 1 is 1.12 bits per heavy atom. The molecule has 0 atom stereocenters. The number of hydrogen-bond acceptors (Lipinski definition) is 4. The first-order valence-corrected chi connectivity index (χ1v) is 8.32. The zero-order chi connectivity index (χ0) is 16.5. The minimum Gasteiger partial charge on any atom is -0.448 e. The molecule has 24 heavy (non-hydrogen) atoms. The number of thiazole rings is 1. The maximum absolute atomic E-state index is 11.4. The monoisotopic (exact) mass is 334 g/mol. The van der Waals surface area contributed by atoms with Crippen LogP contribution in [0.2, 0.25) is 0 Å². The summed E-state index contributed by atoms with van der Waals surface area (Å²) in [5, 5.41) is 0.970. The standard InChI is InChI=1S/C19H14N2O2S/c1-13-4-9-16-17(11-13)24-19(20-16)14-5-7-15(8-6-14)21(12-22)18-3-2-10-23-18/h2-12H,1H3. The highest BCUT2D eigenvalue weighted by Crippen LogP contribution is 2.32. The van der Waals surface area contributed by atoms with Gasteiger partial charge in [0.1, 0.15) is 5.01 Å². The van der Waals surface area contributed by atoms with Crippen LogP contribution >= 0.6 is 11.3 Å². The molecule has 5 heteroatoms. The van der Waals surface area contributed by atoms with Crippen molar-refractivity contribution in [3.05, 3.63) is 66.4 Å². The highest BCUT2D eigenvalue weighted by Gasteiger charge is 2.12. The Morgan fingerprint density at radius 2 is 1.96 bits per heavy atom. The van der Waals surface area contributed by atoms with Gasteiger partial charge in [-0.25, -0.2) is 4.98 Å². The van der Waals surface area contributed by atoms with Crippen molar-refractivity contribution in [2.75, 3.05) is 4.90 Å². The van der Waals surface area contributed by atoms with Crippen LogP contribution < -0.4 is 4.90 Å². The normalized spacial score (nSPS) is 10.9. The van der Waals surface area contributed by atoms with Crippen LogP contribution in [-0.2, 0) is 4.79 Å². The Morgan fingerprint density at radius 3 is 2.67 bits per heavy atom. The maximum atomic E-state index is 11.4. The number of fused-ring (bicyclic) bond motifs is 1. The average molecular weight is 334 g/mol. The topological polar surface area (TPSA) is 46.3 Å². The van der Waals surface area contributed by atoms with E-state index in [1.54, 1.807) is 29.7 Å². The van der Waals surface area contributed by atoms with Gasteiger partial charge in [0.25, 0.3) is 0 Å². The quantitative estimate of drug-likeness (QED) is 0.484. The molecule has 0 spiro atoms. The lowest BCUT2D eigenvalue weighted by Gasteiger charge is -2.14. The number of carbonyl (C=O) groups excluding carboxylic acids is 1. The molecule has 0 fully saturated rings. The second-order valence-corrected chi connectivity index (χ2v) is 6.49. The van der Waals surface area contributed by atoms with E-state index in [-0.39, 0.29) is 0 Å². The van der Waals surface area contributed by atoms with Gasteiger partial charge in [0.15, 0.2) is 0 Å². The minimum atomic E-state index is 0.494. The molecule has 4 nitrogen and oxygen atoms in total. The van der Waals surface area contributed by atoms with Gasteiger partial charge in [-0.2, -0.15) is 0 Å². The van der Waals surface area contributed by atoms with E-state index in [9.17, 15) is 4.79 Å². The molecule has 0 aliphatic rings. The number of aromatic nitrogens is 1. The van der Waals surface area contributed by atoms with Crippen molar-refractivity contribution in [2.45, 2.75) is 6.92 Å². The van der Waals surface area contributed by atoms with Crippen molar-refractivity contribution in [1.29, 1.82) is 0 Å². The van der Waals surface area contributed by atoms with E-state index in [1.807, 2.05) is 30.3 Å². The van der Waals surface area contributed by atoms with Crippen molar-refractivity contribution < 1.29 is 9.21 Å². The lowest BCUT2D eigenvalue weighted by molar-refractivity contribution is -0.107. The summed E-state index contributed by atoms with van der Waals surface area (Å²) in [7, 11) is 0. The van der Waals surface area contributed by atoms with Gasteiger partial charge in [-0.15, -0.1) is 11.3 Å². The Labute approximate surface area is 143 Å². The Hall–Kier alpha value is -2.92. The number of nitrogens with zero attached hydrogens (tertiary/aromatic N) is 2. The molecule has 2 aromatic heterocycles. The largest absolute Gasteiger partial charge is 0.448 e. The number of carbonyl (C=O) groups is 1. The molecule has 2 heterocycles. The summed E-state index contributed by atoms with van der Waals surface area (Å²) in [6, 6.07) is 17.5. The molecule has 2 aromatic carbocycles. The summed E-state index contributed by atoms with van der Waals surface area (Å²) in [4.78, 5) is 17.5. The number of anilines is 2. The number of furan rings is 1. The Balaban J connectivity index is 1.68. The molecule has 0 radical (unpaired) electrons. The van der Waals surface area contributed by atoms with Crippen LogP contribution in [0.3, 0.4) is 0 Å². The van der Waals surface area contributed by atoms with Crippen molar-refractivity contribution in [2.24, 2.45) is 0 Å². The van der Waals surface area contributed by atoms with Crippen molar-refractivity contribution >= 4 is 39.5 Å². The number of rotatable bonds is 4. The highest BCUT2D eigenvalue weighted by atomic mass is 32.1. The SMILES string of the molecule is Cc1ccc2nc(-c3ccc(N(C=O)c4ccco4)cc3)sc2c1. The second kappa shape index (κ2) is 5.94. The Bertz CT molecular complexity index is 988. The molecule has 0 aliphatic heterocycles. The number of aryl methyl sites for hydroxylation is 1. The van der Waals surface area contributed by atoms with E-state index >= 15 is 0 Å². The van der Waals surface area contributed by atoms with Crippen LogP contribution in [0.15, 0.2) is 65.3 Å². The summed E-state index contributed by atoms with van der Waals surface area (Å²) in [5.74, 6) is 0.494. The molecule has 0 bridgehead atoms. The van der Waals surface area contributed by atoms with Gasteiger partial charge in [-0.05, 0) is 55.0 Å². The average Bonchev–Trinajstić information content (AvgIpc) is 3.25. The molecular weight excluding hydrogens is 320 g/mol. The van der Waals surface area contributed by atoms with Crippen molar-refractivity contribution in [3.8, 4) is 10.6 Å². The summed E-state index contributed by atoms with van der Waals surface area (Å²) in [5.41, 5.74) is 4.02. The lowest BCUT2D eigenvalue weighted by atomic mass is 10.2. The number of hydrogen-bond donors (Lipinski definition) is 0. The second-order valence-electron chi connectivity index (χ2n) is 5.46. The van der Waals surface area contributed by atoms with Crippen LogP contribution in [0, 0.1) is 6.92 Å². The van der Waals surface area contributed by atoms with E-state index in [4.69, 9.17) is 4.42 Å². The van der Waals surface area contributed by atoms with Gasteiger partial charge in [0.2, 0.25) is 12.3 Å². The van der Waals surface area contributed by atoms with Crippen LogP contribution in [0.4, 0.5) is 11.6 Å². The fourth-order valence-electron chi connectivity index (χ4n) is 2.57. The fourth-order valence-corrected chi connectivity index (χ4v) is 3.64. The minimum absolute atomic E-state index is 0.494. The molecule has 0 unspecified atom stereocenters. The van der Waals surface area contributed by atoms with E-state index in [0.29, 0.717) is 5.88 Å². The summed E-state index contributed by atoms with van der Waals surface area (Å²) in [6.07, 6.45) is 2.29. The van der Waals surface area contributed by atoms with Gasteiger partial charge >= 0.3 is 0 Å². The molecule has 0 aliphatic carbocycles. The predicted molar refractivity (Wildman–Crippen MR) is 96.7 cm³/mol. The number of benzene rings is 2. The first kappa shape index (κ1) is 14.7. The van der Waals surface area contributed by atoms with Crippen LogP contribution in [0.25, 0.3) is 20.8 Å². The zero-order valence-corrected chi connectivity index (χ0v) is 13.8. The maximum Gasteiger partial charge on any atom is 0.221 e. The predicted octanol–water partition coefficient (Wildman–Crippen LogP) is 5.16. The van der Waals surface area contributed by atoms with E-state index in [0.717, 1.165) is 28.2 Å². The molecule has 118 valence electrons. The highest BCUT2D eigenvalue weighted by molar-refractivity contribution is 7.21. The van der Waals surface area contributed by atoms with Gasteiger partial charge < -0.3 is 4.42 Å². The van der Waals surface area contributed by atoms with Gasteiger partial charge in [0.05, 0.1) is 22.2 Å². The Kier molecular flexibility index (Phi) is 3.63. The first-order valence-electron chi connectivity index (χ1n) is 7.50. The van der Waals surface area contributed by atoms with E-state index < -0.39 is 0 Å². The first-order chi connectivity index (χ1) is 11.7. The van der Waals surface area contributed by atoms with E-state index in [1.165, 1.54) is 15.2 Å². The smallest absolute Gasteiger partial charge is 0.221 e. The summed E-state index contributed by atoms with van der Waals surface area (Å²) < 4.78 is 6.47. The summed E-state index contributed by atoms with van der Waals surface area (Å²) in [6.45, 7) is 2.08. The third-order valence-corrected chi connectivity index (χ3v) is 4.85. The molecule has 4 aromatic rings. The third-order valence-electron chi connectivity index (χ3n) is 3.79.